The summed E-state index contributed by atoms with van der Waals surface area (Å²) < 4.78 is 9.49. The van der Waals surface area contributed by atoms with Gasteiger partial charge >= 0.3 is 0 Å². The highest BCUT2D eigenvalue weighted by atomic mass is 16.5. The Hall–Kier alpha value is -0.840. The van der Waals surface area contributed by atoms with Gasteiger partial charge in [-0.3, -0.25) is 0 Å². The van der Waals surface area contributed by atoms with E-state index in [1.165, 1.54) is 0 Å². The highest BCUT2D eigenvalue weighted by Gasteiger charge is 1.80. The van der Waals surface area contributed by atoms with Crippen molar-refractivity contribution in [1.82, 2.24) is 0 Å². The highest BCUT2D eigenvalue weighted by molar-refractivity contribution is 4.85. The van der Waals surface area contributed by atoms with Gasteiger partial charge in [-0.25, -0.2) is 0 Å². The second kappa shape index (κ2) is 12.2. The van der Waals surface area contributed by atoms with Crippen molar-refractivity contribution in [3.8, 4) is 0 Å². The fourth-order valence-electron chi connectivity index (χ4n) is 0.529. The van der Waals surface area contributed by atoms with Crippen molar-refractivity contribution in [3.05, 3.63) is 24.7 Å². The molecule has 0 saturated carbocycles. The number of ether oxygens (including phenoxy) is 2. The molecule has 0 bridgehead atoms. The summed E-state index contributed by atoms with van der Waals surface area (Å²) in [6.07, 6.45) is 0. The van der Waals surface area contributed by atoms with Crippen LogP contribution in [0.3, 0.4) is 0 Å². The van der Waals surface area contributed by atoms with E-state index in [2.05, 4.69) is 17.9 Å². The summed E-state index contributed by atoms with van der Waals surface area (Å²) >= 11 is 0. The summed E-state index contributed by atoms with van der Waals surface area (Å²) in [4.78, 5) is 0. The quantitative estimate of drug-likeness (QED) is 0.501. The molecule has 0 rings (SSSR count). The maximum absolute atomic E-state index is 8.09. The van der Waals surface area contributed by atoms with Crippen molar-refractivity contribution in [2.24, 2.45) is 0 Å². The summed E-state index contributed by atoms with van der Waals surface area (Å²) in [5.41, 5.74) is 0. The zero-order valence-electron chi connectivity index (χ0n) is 8.95. The third-order valence-corrected chi connectivity index (χ3v) is 0.820. The van der Waals surface area contributed by atoms with E-state index in [-0.39, 0.29) is 13.2 Å². The van der Waals surface area contributed by atoms with Crippen LogP contribution in [0.25, 0.3) is 0 Å². The van der Waals surface area contributed by atoms with Crippen LogP contribution in [-0.4, -0.2) is 36.6 Å². The van der Waals surface area contributed by atoms with Crippen molar-refractivity contribution < 1.29 is 19.7 Å². The van der Waals surface area contributed by atoms with E-state index in [4.69, 9.17) is 14.9 Å². The fourth-order valence-corrected chi connectivity index (χ4v) is 0.529. The van der Waals surface area contributed by atoms with Gasteiger partial charge < -0.3 is 19.7 Å². The molecule has 14 heavy (non-hydrogen) atoms. The van der Waals surface area contributed by atoms with E-state index in [9.17, 15) is 0 Å². The van der Waals surface area contributed by atoms with Crippen molar-refractivity contribution in [2.75, 3.05) is 26.4 Å². The molecular formula is C10H20O4. The van der Waals surface area contributed by atoms with Gasteiger partial charge in [0.2, 0.25) is 0 Å². The molecule has 4 heteroatoms. The summed E-state index contributed by atoms with van der Waals surface area (Å²) in [6, 6.07) is 0. The molecule has 0 aromatic heterocycles. The molecule has 0 saturated heterocycles. The number of rotatable bonds is 6. The molecule has 2 N–H and O–H groups in total. The van der Waals surface area contributed by atoms with E-state index >= 15 is 0 Å². The minimum atomic E-state index is 0.0278. The molecule has 0 spiro atoms. The van der Waals surface area contributed by atoms with Crippen molar-refractivity contribution in [3.63, 3.8) is 0 Å². The first-order valence-corrected chi connectivity index (χ1v) is 4.33. The lowest BCUT2D eigenvalue weighted by molar-refractivity contribution is 0.0650. The molecule has 0 fully saturated rings. The minimum Gasteiger partial charge on any atom is -0.468 e. The molecule has 0 aromatic carbocycles. The number of allylic oxidation sites excluding steroid dienone is 2. The number of aliphatic hydroxyl groups is 2. The smallest absolute Gasteiger partial charge is 0.0933 e. The molecule has 0 amide bonds. The lowest BCUT2D eigenvalue weighted by Gasteiger charge is -1.99. The fraction of sp³-hybridized carbons (Fsp3) is 0.600. The van der Waals surface area contributed by atoms with Gasteiger partial charge in [-0.15, -0.1) is 0 Å². The molecule has 0 heterocycles. The van der Waals surface area contributed by atoms with Crippen molar-refractivity contribution >= 4 is 0 Å². The predicted octanol–water partition coefficient (Wildman–Crippen LogP) is 1.06. The lowest BCUT2D eigenvalue weighted by atomic mass is 10.6. The maximum atomic E-state index is 8.09. The maximum Gasteiger partial charge on any atom is 0.0933 e. The summed E-state index contributed by atoms with van der Waals surface area (Å²) in [6.45, 7) is 11.3. The Balaban J connectivity index is 0. The van der Waals surface area contributed by atoms with Crippen LogP contribution in [0.5, 0.6) is 0 Å². The van der Waals surface area contributed by atoms with E-state index in [1.807, 2.05) is 0 Å². The average molecular weight is 204 g/mol. The molecule has 0 atom stereocenters. The predicted molar refractivity (Wildman–Crippen MR) is 55.7 cm³/mol. The molecule has 0 unspecified atom stereocenters. The topological polar surface area (TPSA) is 58.9 Å². The first-order valence-electron chi connectivity index (χ1n) is 4.33. The largest absolute Gasteiger partial charge is 0.468 e. The molecule has 0 aliphatic heterocycles. The van der Waals surface area contributed by atoms with Crippen LogP contribution in [-0.2, 0) is 9.47 Å². The van der Waals surface area contributed by atoms with Crippen LogP contribution in [0, 0.1) is 0 Å². The van der Waals surface area contributed by atoms with Gasteiger partial charge in [-0.2, -0.15) is 0 Å². The Morgan fingerprint density at radius 1 is 1.00 bits per heavy atom. The van der Waals surface area contributed by atoms with E-state index in [0.29, 0.717) is 24.7 Å². The van der Waals surface area contributed by atoms with E-state index < -0.39 is 0 Å². The normalized spacial score (nSPS) is 8.57. The van der Waals surface area contributed by atoms with E-state index in [1.54, 1.807) is 13.8 Å². The monoisotopic (exact) mass is 204 g/mol. The molecule has 0 aromatic rings. The van der Waals surface area contributed by atoms with Crippen LogP contribution in [0.4, 0.5) is 0 Å². The third-order valence-electron chi connectivity index (χ3n) is 0.820. The van der Waals surface area contributed by atoms with Crippen LogP contribution >= 0.6 is 0 Å². The Bertz CT molecular complexity index is 138. The van der Waals surface area contributed by atoms with Crippen LogP contribution in [0.15, 0.2) is 24.7 Å². The van der Waals surface area contributed by atoms with E-state index in [0.717, 1.165) is 0 Å². The van der Waals surface area contributed by atoms with Gasteiger partial charge in [-0.05, 0) is 13.8 Å². The summed E-state index contributed by atoms with van der Waals surface area (Å²) in [7, 11) is 0. The molecule has 0 aliphatic rings. The first-order chi connectivity index (χ1) is 6.54. The molecular weight excluding hydrogens is 184 g/mol. The van der Waals surface area contributed by atoms with Gasteiger partial charge in [0.05, 0.1) is 37.9 Å². The lowest BCUT2D eigenvalue weighted by Crippen LogP contribution is -2.03. The molecule has 0 aliphatic carbocycles. The Morgan fingerprint density at radius 3 is 1.50 bits per heavy atom. The average Bonchev–Trinajstić information content (AvgIpc) is 2.04. The third kappa shape index (κ3) is 22.5. The van der Waals surface area contributed by atoms with Crippen LogP contribution in [0.2, 0.25) is 0 Å². The Morgan fingerprint density at radius 2 is 1.36 bits per heavy atom. The number of hydrogen-bond acceptors (Lipinski definition) is 4. The van der Waals surface area contributed by atoms with Crippen molar-refractivity contribution in [2.45, 2.75) is 13.8 Å². The zero-order chi connectivity index (χ0) is 11.4. The molecule has 0 radical (unpaired) electrons. The van der Waals surface area contributed by atoms with Crippen LogP contribution in [0.1, 0.15) is 13.8 Å². The van der Waals surface area contributed by atoms with Gasteiger partial charge in [0, 0.05) is 0 Å². The van der Waals surface area contributed by atoms with Gasteiger partial charge in [-0.1, -0.05) is 13.2 Å². The number of aliphatic hydroxyl groups excluding tert-OH is 2. The Labute approximate surface area is 85.5 Å². The van der Waals surface area contributed by atoms with Gasteiger partial charge in [0.25, 0.3) is 0 Å². The summed E-state index contributed by atoms with van der Waals surface area (Å²) in [5, 5.41) is 16.2. The zero-order valence-corrected chi connectivity index (χ0v) is 8.95. The van der Waals surface area contributed by atoms with Gasteiger partial charge in [0.1, 0.15) is 0 Å². The number of hydrogen-bond donors (Lipinski definition) is 2. The van der Waals surface area contributed by atoms with Gasteiger partial charge in [0.15, 0.2) is 0 Å². The standard InChI is InChI=1S/C6H10O.C4H10O3/c1-5(2)7-6(3)4;5-1-3-7-4-2-6/h1,3H2,2,4H3;5-6H,1-4H2. The Kier molecular flexibility index (Phi) is 13.6. The second-order valence-corrected chi connectivity index (χ2v) is 2.57. The first kappa shape index (κ1) is 15.6. The van der Waals surface area contributed by atoms with Crippen molar-refractivity contribution in [1.29, 1.82) is 0 Å². The SMILES string of the molecule is C=C(C)OC(=C)C.OCCOCCO. The highest BCUT2D eigenvalue weighted by Crippen LogP contribution is 1.97. The molecule has 84 valence electrons. The summed E-state index contributed by atoms with van der Waals surface area (Å²) in [5.74, 6) is 1.38. The second-order valence-electron chi connectivity index (χ2n) is 2.57. The van der Waals surface area contributed by atoms with Crippen LogP contribution < -0.4 is 0 Å². The minimum absolute atomic E-state index is 0.0278. The molecule has 4 nitrogen and oxygen atoms in total.